The van der Waals surface area contributed by atoms with Gasteiger partial charge in [-0.2, -0.15) is 0 Å². The zero-order valence-electron chi connectivity index (χ0n) is 16.9. The molecule has 4 rings (SSSR count). The number of likely N-dealkylation sites (tertiary alicyclic amines) is 1. The molecule has 5 heteroatoms. The van der Waals surface area contributed by atoms with Gasteiger partial charge in [-0.15, -0.1) is 0 Å². The molecule has 2 aromatic rings. The Kier molecular flexibility index (Phi) is 5.47. The van der Waals surface area contributed by atoms with E-state index in [2.05, 4.69) is 58.5 Å². The zero-order chi connectivity index (χ0) is 19.6. The maximum absolute atomic E-state index is 12.7. The van der Waals surface area contributed by atoms with Crippen LogP contribution in [0.2, 0.25) is 0 Å². The first-order valence-corrected chi connectivity index (χ1v) is 10.2. The largest absolute Gasteiger partial charge is 0.345 e. The van der Waals surface area contributed by atoms with Crippen molar-refractivity contribution in [1.82, 2.24) is 20.1 Å². The van der Waals surface area contributed by atoms with Crippen LogP contribution in [-0.4, -0.2) is 61.0 Å². The highest BCUT2D eigenvalue weighted by Gasteiger charge is 2.45. The van der Waals surface area contributed by atoms with Gasteiger partial charge in [0.15, 0.2) is 0 Å². The molecule has 1 saturated heterocycles. The second kappa shape index (κ2) is 8.02. The molecule has 2 aliphatic rings. The fourth-order valence-corrected chi connectivity index (χ4v) is 4.78. The van der Waals surface area contributed by atoms with Crippen molar-refractivity contribution in [2.24, 2.45) is 0 Å². The molecule has 1 unspecified atom stereocenters. The van der Waals surface area contributed by atoms with E-state index in [1.807, 2.05) is 12.1 Å². The molecule has 2 heterocycles. The zero-order valence-corrected chi connectivity index (χ0v) is 16.9. The smallest absolute Gasteiger partial charge is 0.253 e. The minimum atomic E-state index is -0.0339. The molecule has 0 saturated carbocycles. The monoisotopic (exact) mass is 378 g/mol. The SMILES string of the molecule is CN(C)CCN1CCC2(CC1)CC(NC(=O)c1cccnc1)c1ccccc12. The summed E-state index contributed by atoms with van der Waals surface area (Å²) in [5.74, 6) is -0.0339. The van der Waals surface area contributed by atoms with Crippen molar-refractivity contribution in [3.8, 4) is 0 Å². The molecule has 1 spiro atoms. The van der Waals surface area contributed by atoms with Gasteiger partial charge in [-0.25, -0.2) is 0 Å². The third-order valence-corrected chi connectivity index (χ3v) is 6.41. The van der Waals surface area contributed by atoms with Crippen LogP contribution in [-0.2, 0) is 5.41 Å². The van der Waals surface area contributed by atoms with E-state index in [-0.39, 0.29) is 17.4 Å². The molecule has 28 heavy (non-hydrogen) atoms. The lowest BCUT2D eigenvalue weighted by molar-refractivity contribution is 0.0924. The minimum absolute atomic E-state index is 0.0339. The predicted octanol–water partition coefficient (Wildman–Crippen LogP) is 2.85. The van der Waals surface area contributed by atoms with Crippen molar-refractivity contribution in [3.05, 3.63) is 65.5 Å². The molecule has 1 N–H and O–H groups in total. The summed E-state index contributed by atoms with van der Waals surface area (Å²) in [7, 11) is 4.27. The van der Waals surface area contributed by atoms with Gasteiger partial charge in [-0.1, -0.05) is 24.3 Å². The highest BCUT2D eigenvalue weighted by atomic mass is 16.1. The second-order valence-electron chi connectivity index (χ2n) is 8.48. The molecule has 1 fully saturated rings. The molecule has 148 valence electrons. The van der Waals surface area contributed by atoms with E-state index in [9.17, 15) is 4.79 Å². The van der Waals surface area contributed by atoms with E-state index in [0.717, 1.165) is 45.4 Å². The Bertz CT molecular complexity index is 812. The number of carbonyl (C=O) groups excluding carboxylic acids is 1. The van der Waals surface area contributed by atoms with Gasteiger partial charge in [-0.3, -0.25) is 9.78 Å². The van der Waals surface area contributed by atoms with E-state index in [1.54, 1.807) is 12.4 Å². The van der Waals surface area contributed by atoms with E-state index in [4.69, 9.17) is 0 Å². The van der Waals surface area contributed by atoms with Crippen LogP contribution in [0.1, 0.15) is 46.8 Å². The van der Waals surface area contributed by atoms with Gasteiger partial charge >= 0.3 is 0 Å². The lowest BCUT2D eigenvalue weighted by Crippen LogP contribution is -2.44. The van der Waals surface area contributed by atoms with Gasteiger partial charge in [-0.05, 0) is 69.7 Å². The summed E-state index contributed by atoms with van der Waals surface area (Å²) in [6, 6.07) is 12.4. The maximum Gasteiger partial charge on any atom is 0.253 e. The Morgan fingerprint density at radius 2 is 2.00 bits per heavy atom. The number of benzene rings is 1. The molecule has 1 aliphatic carbocycles. The van der Waals surface area contributed by atoms with Crippen molar-refractivity contribution in [3.63, 3.8) is 0 Å². The number of pyridine rings is 1. The van der Waals surface area contributed by atoms with Gasteiger partial charge in [0.2, 0.25) is 0 Å². The van der Waals surface area contributed by atoms with E-state index < -0.39 is 0 Å². The number of rotatable bonds is 5. The number of hydrogen-bond donors (Lipinski definition) is 1. The summed E-state index contributed by atoms with van der Waals surface area (Å²) >= 11 is 0. The van der Waals surface area contributed by atoms with Gasteiger partial charge in [0, 0.05) is 30.9 Å². The summed E-state index contributed by atoms with van der Waals surface area (Å²) in [5.41, 5.74) is 3.55. The summed E-state index contributed by atoms with van der Waals surface area (Å²) in [4.78, 5) is 21.6. The van der Waals surface area contributed by atoms with E-state index >= 15 is 0 Å². The Morgan fingerprint density at radius 1 is 1.21 bits per heavy atom. The molecule has 0 bridgehead atoms. The number of aromatic nitrogens is 1. The van der Waals surface area contributed by atoms with Crippen LogP contribution in [0.25, 0.3) is 0 Å². The topological polar surface area (TPSA) is 48.5 Å². The predicted molar refractivity (Wildman–Crippen MR) is 111 cm³/mol. The number of nitrogens with one attached hydrogen (secondary N) is 1. The molecule has 0 radical (unpaired) electrons. The standard InChI is InChI=1S/C23H30N4O/c1-26(2)14-15-27-12-9-23(10-13-27)16-21(19-7-3-4-8-20(19)23)25-22(28)18-6-5-11-24-17-18/h3-8,11,17,21H,9-10,12-16H2,1-2H3,(H,25,28). The van der Waals surface area contributed by atoms with Crippen LogP contribution in [0.4, 0.5) is 0 Å². The number of carbonyl (C=O) groups is 1. The highest BCUT2D eigenvalue weighted by Crippen LogP contribution is 2.50. The Labute approximate surface area is 167 Å². The molecule has 1 aromatic heterocycles. The first-order valence-electron chi connectivity index (χ1n) is 10.2. The number of hydrogen-bond acceptors (Lipinski definition) is 4. The van der Waals surface area contributed by atoms with Crippen LogP contribution >= 0.6 is 0 Å². The third kappa shape index (κ3) is 3.82. The number of likely N-dealkylation sites (N-methyl/N-ethyl adjacent to an activating group) is 1. The first kappa shape index (κ1) is 19.1. The van der Waals surface area contributed by atoms with Crippen molar-refractivity contribution in [2.75, 3.05) is 40.3 Å². The average Bonchev–Trinajstić information content (AvgIpc) is 3.01. The van der Waals surface area contributed by atoms with Crippen LogP contribution in [0.15, 0.2) is 48.8 Å². The fraction of sp³-hybridized carbons (Fsp3) is 0.478. The molecule has 1 aromatic carbocycles. The summed E-state index contributed by atoms with van der Waals surface area (Å²) in [5, 5.41) is 3.28. The van der Waals surface area contributed by atoms with E-state index in [1.165, 1.54) is 11.1 Å². The minimum Gasteiger partial charge on any atom is -0.345 e. The number of amides is 1. The summed E-state index contributed by atoms with van der Waals surface area (Å²) in [6.45, 7) is 4.50. The van der Waals surface area contributed by atoms with Gasteiger partial charge in [0.05, 0.1) is 11.6 Å². The number of piperidine rings is 1. The van der Waals surface area contributed by atoms with Crippen molar-refractivity contribution in [1.29, 1.82) is 0 Å². The van der Waals surface area contributed by atoms with Crippen LogP contribution in [0.3, 0.4) is 0 Å². The molecule has 1 aliphatic heterocycles. The lowest BCUT2D eigenvalue weighted by Gasteiger charge is -2.40. The van der Waals surface area contributed by atoms with Crippen molar-refractivity contribution >= 4 is 5.91 Å². The molecular weight excluding hydrogens is 348 g/mol. The molecular formula is C23H30N4O. The van der Waals surface area contributed by atoms with Crippen molar-refractivity contribution in [2.45, 2.75) is 30.7 Å². The Hall–Kier alpha value is -2.24. The van der Waals surface area contributed by atoms with Gasteiger partial charge < -0.3 is 15.1 Å². The lowest BCUT2D eigenvalue weighted by atomic mass is 9.73. The molecule has 1 atom stereocenters. The van der Waals surface area contributed by atoms with Crippen molar-refractivity contribution < 1.29 is 4.79 Å². The van der Waals surface area contributed by atoms with Crippen LogP contribution in [0.5, 0.6) is 0 Å². The average molecular weight is 379 g/mol. The summed E-state index contributed by atoms with van der Waals surface area (Å²) < 4.78 is 0. The van der Waals surface area contributed by atoms with Gasteiger partial charge in [0.1, 0.15) is 0 Å². The first-order chi connectivity index (χ1) is 13.6. The molecule has 1 amide bonds. The van der Waals surface area contributed by atoms with Gasteiger partial charge in [0.25, 0.3) is 5.91 Å². The fourth-order valence-electron chi connectivity index (χ4n) is 4.78. The molecule has 5 nitrogen and oxygen atoms in total. The normalized spacial score (nSPS) is 21.0. The van der Waals surface area contributed by atoms with Crippen LogP contribution < -0.4 is 5.32 Å². The Balaban J connectivity index is 1.48. The van der Waals surface area contributed by atoms with Crippen LogP contribution in [0, 0.1) is 0 Å². The Morgan fingerprint density at radius 3 is 2.71 bits per heavy atom. The second-order valence-corrected chi connectivity index (χ2v) is 8.48. The quantitative estimate of drug-likeness (QED) is 0.869. The third-order valence-electron chi connectivity index (χ3n) is 6.41. The highest BCUT2D eigenvalue weighted by molar-refractivity contribution is 5.94. The maximum atomic E-state index is 12.7. The van der Waals surface area contributed by atoms with E-state index in [0.29, 0.717) is 5.56 Å². The summed E-state index contributed by atoms with van der Waals surface area (Å²) in [6.07, 6.45) is 6.66. The number of fused-ring (bicyclic) bond motifs is 2. The number of nitrogens with zero attached hydrogens (tertiary/aromatic N) is 3.